The number of esters is 1. The molecule has 5 nitrogen and oxygen atoms in total. The van der Waals surface area contributed by atoms with Crippen LogP contribution in [-0.2, 0) is 20.7 Å². The van der Waals surface area contributed by atoms with Crippen molar-refractivity contribution in [2.75, 3.05) is 12.4 Å². The minimum absolute atomic E-state index is 0.0747. The number of hydrogen-bond donors (Lipinski definition) is 2. The van der Waals surface area contributed by atoms with E-state index in [1.165, 1.54) is 13.2 Å². The Hall–Kier alpha value is -2.30. The molecule has 0 saturated heterocycles. The van der Waals surface area contributed by atoms with Gasteiger partial charge in [0, 0.05) is 17.5 Å². The van der Waals surface area contributed by atoms with E-state index in [0.717, 1.165) is 0 Å². The quantitative estimate of drug-likeness (QED) is 0.614. The Labute approximate surface area is 105 Å². The van der Waals surface area contributed by atoms with E-state index in [9.17, 15) is 9.59 Å². The molecule has 0 aliphatic carbocycles. The van der Waals surface area contributed by atoms with Crippen molar-refractivity contribution in [3.8, 4) is 0 Å². The summed E-state index contributed by atoms with van der Waals surface area (Å²) in [5.41, 5.74) is 1.90. The molecule has 0 aliphatic heterocycles. The lowest BCUT2D eigenvalue weighted by molar-refractivity contribution is -0.136. The van der Waals surface area contributed by atoms with Gasteiger partial charge in [-0.3, -0.25) is 4.79 Å². The molecule has 96 valence electrons. The predicted octanol–water partition coefficient (Wildman–Crippen LogP) is 1.80. The zero-order chi connectivity index (χ0) is 13.5. The number of nitrogens with one attached hydrogen (secondary N) is 1. The third kappa shape index (κ3) is 4.29. The highest BCUT2D eigenvalue weighted by Gasteiger charge is 2.06. The zero-order valence-corrected chi connectivity index (χ0v) is 10.3. The van der Waals surface area contributed by atoms with Crippen LogP contribution < -0.4 is 5.32 Å². The van der Waals surface area contributed by atoms with Gasteiger partial charge in [-0.05, 0) is 18.6 Å². The second-order valence-corrected chi connectivity index (χ2v) is 3.70. The van der Waals surface area contributed by atoms with E-state index < -0.39 is 11.9 Å². The standard InChI is InChI=1S/C13H15NO4/c1-9(7-13(17)18-2)14-11-6-4-3-5-10(11)8-12(15)16/h3-7,14H,8H2,1-2H3,(H,15,16)/b9-7+. The highest BCUT2D eigenvalue weighted by molar-refractivity contribution is 5.83. The molecule has 1 rings (SSSR count). The van der Waals surface area contributed by atoms with Crippen molar-refractivity contribution in [3.05, 3.63) is 41.6 Å². The van der Waals surface area contributed by atoms with Crippen molar-refractivity contribution in [2.45, 2.75) is 13.3 Å². The Kier molecular flexibility index (Phi) is 4.92. The van der Waals surface area contributed by atoms with Crippen LogP contribution in [0.5, 0.6) is 0 Å². The summed E-state index contributed by atoms with van der Waals surface area (Å²) in [4.78, 5) is 21.8. The Morgan fingerprint density at radius 1 is 1.39 bits per heavy atom. The number of aliphatic carboxylic acids is 1. The lowest BCUT2D eigenvalue weighted by Gasteiger charge is -2.10. The third-order valence-electron chi connectivity index (χ3n) is 2.23. The number of allylic oxidation sites excluding steroid dienone is 1. The monoisotopic (exact) mass is 249 g/mol. The number of carboxylic acid groups (broad SMARTS) is 1. The number of para-hydroxylation sites is 1. The van der Waals surface area contributed by atoms with Gasteiger partial charge >= 0.3 is 11.9 Å². The van der Waals surface area contributed by atoms with Crippen LogP contribution in [0.1, 0.15) is 12.5 Å². The van der Waals surface area contributed by atoms with E-state index in [4.69, 9.17) is 5.11 Å². The molecule has 0 saturated carbocycles. The molecule has 0 radical (unpaired) electrons. The number of carboxylic acids is 1. The molecule has 2 N–H and O–H groups in total. The first kappa shape index (κ1) is 13.8. The van der Waals surface area contributed by atoms with Gasteiger partial charge in [0.25, 0.3) is 0 Å². The average molecular weight is 249 g/mol. The summed E-state index contributed by atoms with van der Waals surface area (Å²) in [6, 6.07) is 7.04. The number of benzene rings is 1. The van der Waals surface area contributed by atoms with Crippen molar-refractivity contribution in [1.29, 1.82) is 0 Å². The molecular weight excluding hydrogens is 234 g/mol. The van der Waals surface area contributed by atoms with E-state index >= 15 is 0 Å². The summed E-state index contributed by atoms with van der Waals surface area (Å²) >= 11 is 0. The molecule has 0 unspecified atom stereocenters. The Bertz CT molecular complexity index is 480. The lowest BCUT2D eigenvalue weighted by atomic mass is 10.1. The number of carbonyl (C=O) groups excluding carboxylic acids is 1. The fourth-order valence-electron chi connectivity index (χ4n) is 1.44. The molecular formula is C13H15NO4. The maximum Gasteiger partial charge on any atom is 0.332 e. The number of rotatable bonds is 5. The highest BCUT2D eigenvalue weighted by atomic mass is 16.5. The largest absolute Gasteiger partial charge is 0.481 e. The van der Waals surface area contributed by atoms with Gasteiger partial charge in [-0.2, -0.15) is 0 Å². The van der Waals surface area contributed by atoms with Crippen LogP contribution in [0, 0.1) is 0 Å². The van der Waals surface area contributed by atoms with Crippen molar-refractivity contribution in [1.82, 2.24) is 0 Å². The first-order chi connectivity index (χ1) is 8.52. The first-order valence-electron chi connectivity index (χ1n) is 5.36. The summed E-state index contributed by atoms with van der Waals surface area (Å²) in [7, 11) is 1.30. The van der Waals surface area contributed by atoms with Gasteiger partial charge in [0.2, 0.25) is 0 Å². The second-order valence-electron chi connectivity index (χ2n) is 3.70. The minimum atomic E-state index is -0.904. The fourth-order valence-corrected chi connectivity index (χ4v) is 1.44. The van der Waals surface area contributed by atoms with Gasteiger partial charge in [0.15, 0.2) is 0 Å². The van der Waals surface area contributed by atoms with Crippen LogP contribution in [-0.4, -0.2) is 24.2 Å². The van der Waals surface area contributed by atoms with E-state index in [0.29, 0.717) is 16.9 Å². The van der Waals surface area contributed by atoms with Gasteiger partial charge in [-0.15, -0.1) is 0 Å². The summed E-state index contributed by atoms with van der Waals surface area (Å²) in [6.07, 6.45) is 1.23. The Morgan fingerprint density at radius 2 is 2.06 bits per heavy atom. The molecule has 5 heteroatoms. The van der Waals surface area contributed by atoms with Crippen LogP contribution in [0.3, 0.4) is 0 Å². The van der Waals surface area contributed by atoms with Crippen molar-refractivity contribution in [3.63, 3.8) is 0 Å². The maximum atomic E-state index is 11.0. The summed E-state index contributed by atoms with van der Waals surface area (Å²) < 4.78 is 4.50. The normalized spacial score (nSPS) is 10.9. The number of hydrogen-bond acceptors (Lipinski definition) is 4. The third-order valence-corrected chi connectivity index (χ3v) is 2.23. The van der Waals surface area contributed by atoms with Crippen LogP contribution in [0.15, 0.2) is 36.0 Å². The van der Waals surface area contributed by atoms with E-state index in [2.05, 4.69) is 10.1 Å². The zero-order valence-electron chi connectivity index (χ0n) is 10.3. The molecule has 1 aromatic carbocycles. The SMILES string of the molecule is COC(=O)/C=C(\C)Nc1ccccc1CC(=O)O. The van der Waals surface area contributed by atoms with Crippen molar-refractivity contribution >= 4 is 17.6 Å². The van der Waals surface area contributed by atoms with Crippen molar-refractivity contribution in [2.24, 2.45) is 0 Å². The molecule has 0 aromatic heterocycles. The number of anilines is 1. The maximum absolute atomic E-state index is 11.0. The topological polar surface area (TPSA) is 75.6 Å². The molecule has 18 heavy (non-hydrogen) atoms. The highest BCUT2D eigenvalue weighted by Crippen LogP contribution is 2.17. The van der Waals surface area contributed by atoms with E-state index in [1.54, 1.807) is 31.2 Å². The van der Waals surface area contributed by atoms with Gasteiger partial charge < -0.3 is 15.2 Å². The lowest BCUT2D eigenvalue weighted by Crippen LogP contribution is -2.06. The first-order valence-corrected chi connectivity index (χ1v) is 5.36. The molecule has 1 aromatic rings. The summed E-state index contributed by atoms with van der Waals surface area (Å²) in [6.45, 7) is 1.70. The van der Waals surface area contributed by atoms with E-state index in [-0.39, 0.29) is 6.42 Å². The van der Waals surface area contributed by atoms with Crippen molar-refractivity contribution < 1.29 is 19.4 Å². The molecule has 0 aliphatic rings. The average Bonchev–Trinajstić information content (AvgIpc) is 2.30. The minimum Gasteiger partial charge on any atom is -0.481 e. The van der Waals surface area contributed by atoms with Crippen LogP contribution in [0.4, 0.5) is 5.69 Å². The summed E-state index contributed by atoms with van der Waals surface area (Å²) in [5, 5.41) is 11.8. The van der Waals surface area contributed by atoms with Crippen LogP contribution in [0.2, 0.25) is 0 Å². The molecule has 0 heterocycles. The molecule has 0 spiro atoms. The molecule has 0 fully saturated rings. The summed E-state index contributed by atoms with van der Waals surface area (Å²) in [5.74, 6) is -1.37. The Balaban J connectivity index is 2.87. The second kappa shape index (κ2) is 6.44. The fraction of sp³-hybridized carbons (Fsp3) is 0.231. The van der Waals surface area contributed by atoms with Crippen LogP contribution >= 0.6 is 0 Å². The van der Waals surface area contributed by atoms with Gasteiger partial charge in [0.05, 0.1) is 13.5 Å². The van der Waals surface area contributed by atoms with Gasteiger partial charge in [-0.25, -0.2) is 4.79 Å². The van der Waals surface area contributed by atoms with Gasteiger partial charge in [-0.1, -0.05) is 18.2 Å². The number of ether oxygens (including phenoxy) is 1. The van der Waals surface area contributed by atoms with Crippen LogP contribution in [0.25, 0.3) is 0 Å². The smallest absolute Gasteiger partial charge is 0.332 e. The number of methoxy groups -OCH3 is 1. The van der Waals surface area contributed by atoms with E-state index in [1.807, 2.05) is 0 Å². The molecule has 0 atom stereocenters. The Morgan fingerprint density at radius 3 is 2.67 bits per heavy atom. The number of carbonyl (C=O) groups is 2. The predicted molar refractivity (Wildman–Crippen MR) is 67.2 cm³/mol. The van der Waals surface area contributed by atoms with Gasteiger partial charge in [0.1, 0.15) is 0 Å². The molecule has 0 bridgehead atoms. The molecule has 0 amide bonds.